The Labute approximate surface area is 164 Å². The largest absolute Gasteiger partial charge is 0.444 e. The Hall–Kier alpha value is -2.84. The Bertz CT molecular complexity index is 715. The average Bonchev–Trinajstić information content (AvgIpc) is 3.04. The van der Waals surface area contributed by atoms with Crippen LogP contribution in [-0.4, -0.2) is 61.2 Å². The molecule has 0 saturated carbocycles. The molecule has 0 aliphatic carbocycles. The molecule has 0 radical (unpaired) electrons. The summed E-state index contributed by atoms with van der Waals surface area (Å²) in [5.41, 5.74) is -0.0244. The summed E-state index contributed by atoms with van der Waals surface area (Å²) in [7, 11) is 1.63. The van der Waals surface area contributed by atoms with E-state index in [1.54, 1.807) is 7.05 Å². The van der Waals surface area contributed by atoms with Crippen molar-refractivity contribution in [1.82, 2.24) is 15.5 Å². The van der Waals surface area contributed by atoms with Gasteiger partial charge in [-0.15, -0.1) is 0 Å². The highest BCUT2D eigenvalue weighted by molar-refractivity contribution is 5.95. The van der Waals surface area contributed by atoms with Crippen LogP contribution in [0.25, 0.3) is 0 Å². The lowest BCUT2D eigenvalue weighted by atomic mass is 10.2. The van der Waals surface area contributed by atoms with Gasteiger partial charge in [-0.3, -0.25) is 9.79 Å². The van der Waals surface area contributed by atoms with Crippen LogP contribution < -0.4 is 16.0 Å². The number of hydrogen-bond donors (Lipinski definition) is 3. The van der Waals surface area contributed by atoms with E-state index >= 15 is 0 Å². The quantitative estimate of drug-likeness (QED) is 0.537. The minimum Gasteiger partial charge on any atom is -0.444 e. The first-order valence-electron chi connectivity index (χ1n) is 9.17. The van der Waals surface area contributed by atoms with Gasteiger partial charge in [-0.1, -0.05) is 0 Å². The maximum atomic E-state index is 12.9. The summed E-state index contributed by atoms with van der Waals surface area (Å²) in [6, 6.07) is 5.50. The molecule has 1 atom stereocenters. The number of ether oxygens (including phenoxy) is 1. The van der Waals surface area contributed by atoms with Gasteiger partial charge in [0.2, 0.25) is 5.91 Å². The van der Waals surface area contributed by atoms with Crippen molar-refractivity contribution in [1.29, 1.82) is 0 Å². The van der Waals surface area contributed by atoms with Crippen molar-refractivity contribution in [3.8, 4) is 0 Å². The summed E-state index contributed by atoms with van der Waals surface area (Å²) in [5, 5.41) is 8.53. The van der Waals surface area contributed by atoms with Crippen molar-refractivity contribution >= 4 is 23.6 Å². The first-order valence-corrected chi connectivity index (χ1v) is 9.17. The number of nitrogens with zero attached hydrogens (tertiary/aromatic N) is 2. The van der Waals surface area contributed by atoms with E-state index in [-0.39, 0.29) is 24.3 Å². The zero-order valence-corrected chi connectivity index (χ0v) is 16.7. The molecule has 8 nitrogen and oxygen atoms in total. The minimum absolute atomic E-state index is 0.0186. The SMILES string of the molecule is CN=C(NCC(=O)Nc1ccc(F)cc1)N1CCC(NC(=O)OC(C)(C)C)C1. The second-order valence-electron chi connectivity index (χ2n) is 7.53. The lowest BCUT2D eigenvalue weighted by Crippen LogP contribution is -2.45. The molecule has 1 aliphatic heterocycles. The highest BCUT2D eigenvalue weighted by Crippen LogP contribution is 2.12. The average molecular weight is 393 g/mol. The van der Waals surface area contributed by atoms with E-state index in [2.05, 4.69) is 20.9 Å². The lowest BCUT2D eigenvalue weighted by Gasteiger charge is -2.23. The topological polar surface area (TPSA) is 95.1 Å². The standard InChI is InChI=1S/C19H28FN5O3/c1-19(2,3)28-18(27)24-15-9-10-25(12-15)17(21-4)22-11-16(26)23-14-7-5-13(20)6-8-14/h5-8,15H,9-12H2,1-4H3,(H,21,22)(H,23,26)(H,24,27). The number of aliphatic imine (C=N–C) groups is 1. The van der Waals surface area contributed by atoms with Crippen LogP contribution in [0.5, 0.6) is 0 Å². The number of carbonyl (C=O) groups excluding carboxylic acids is 2. The number of benzene rings is 1. The van der Waals surface area contributed by atoms with Crippen molar-refractivity contribution < 1.29 is 18.7 Å². The van der Waals surface area contributed by atoms with Crippen molar-refractivity contribution in [2.24, 2.45) is 4.99 Å². The van der Waals surface area contributed by atoms with E-state index in [1.807, 2.05) is 25.7 Å². The monoisotopic (exact) mass is 393 g/mol. The number of guanidine groups is 1. The van der Waals surface area contributed by atoms with Crippen LogP contribution in [0.4, 0.5) is 14.9 Å². The molecule has 1 aliphatic rings. The van der Waals surface area contributed by atoms with E-state index < -0.39 is 11.7 Å². The molecule has 1 aromatic carbocycles. The van der Waals surface area contributed by atoms with Crippen molar-refractivity contribution in [3.63, 3.8) is 0 Å². The highest BCUT2D eigenvalue weighted by Gasteiger charge is 2.28. The number of hydrogen-bond acceptors (Lipinski definition) is 4. The molecule has 1 unspecified atom stereocenters. The Morgan fingerprint density at radius 1 is 1.29 bits per heavy atom. The second-order valence-corrected chi connectivity index (χ2v) is 7.53. The van der Waals surface area contributed by atoms with Crippen LogP contribution in [0, 0.1) is 5.82 Å². The maximum absolute atomic E-state index is 12.9. The second kappa shape index (κ2) is 9.38. The summed E-state index contributed by atoms with van der Waals surface area (Å²) >= 11 is 0. The third kappa shape index (κ3) is 7.05. The van der Waals surface area contributed by atoms with Gasteiger partial charge in [-0.25, -0.2) is 9.18 Å². The third-order valence-corrected chi connectivity index (χ3v) is 3.96. The number of carbonyl (C=O) groups is 2. The Morgan fingerprint density at radius 3 is 2.57 bits per heavy atom. The first-order chi connectivity index (χ1) is 13.2. The number of rotatable bonds is 4. The third-order valence-electron chi connectivity index (χ3n) is 3.96. The van der Waals surface area contributed by atoms with Gasteiger partial charge in [0.15, 0.2) is 5.96 Å². The van der Waals surface area contributed by atoms with E-state index in [4.69, 9.17) is 4.74 Å². The number of halogens is 1. The molecular weight excluding hydrogens is 365 g/mol. The fourth-order valence-corrected chi connectivity index (χ4v) is 2.77. The zero-order valence-electron chi connectivity index (χ0n) is 16.7. The van der Waals surface area contributed by atoms with Gasteiger partial charge in [0.05, 0.1) is 12.6 Å². The van der Waals surface area contributed by atoms with E-state index in [0.717, 1.165) is 6.42 Å². The van der Waals surface area contributed by atoms with Crippen molar-refractivity contribution in [2.45, 2.75) is 38.8 Å². The number of likely N-dealkylation sites (tertiary alicyclic amines) is 1. The van der Waals surface area contributed by atoms with E-state index in [1.165, 1.54) is 24.3 Å². The number of alkyl carbamates (subject to hydrolysis) is 1. The summed E-state index contributed by atoms with van der Waals surface area (Å²) in [4.78, 5) is 30.1. The molecule has 0 bridgehead atoms. The molecular formula is C19H28FN5O3. The van der Waals surface area contributed by atoms with Crippen LogP contribution in [0.2, 0.25) is 0 Å². The molecule has 1 fully saturated rings. The Morgan fingerprint density at radius 2 is 1.96 bits per heavy atom. The first kappa shape index (κ1) is 21.5. The zero-order chi connectivity index (χ0) is 20.7. The lowest BCUT2D eigenvalue weighted by molar-refractivity contribution is -0.115. The fourth-order valence-electron chi connectivity index (χ4n) is 2.77. The Balaban J connectivity index is 1.78. The van der Waals surface area contributed by atoms with Crippen LogP contribution in [0.15, 0.2) is 29.3 Å². The van der Waals surface area contributed by atoms with Gasteiger partial charge >= 0.3 is 6.09 Å². The van der Waals surface area contributed by atoms with Crippen LogP contribution >= 0.6 is 0 Å². The minimum atomic E-state index is -0.544. The van der Waals surface area contributed by atoms with Gasteiger partial charge < -0.3 is 25.6 Å². The molecule has 2 amide bonds. The number of amides is 2. The number of nitrogens with one attached hydrogen (secondary N) is 3. The van der Waals surface area contributed by atoms with Crippen molar-refractivity contribution in [3.05, 3.63) is 30.1 Å². The molecule has 2 rings (SSSR count). The maximum Gasteiger partial charge on any atom is 0.407 e. The number of anilines is 1. The molecule has 1 saturated heterocycles. The molecule has 154 valence electrons. The predicted molar refractivity (Wildman–Crippen MR) is 106 cm³/mol. The van der Waals surface area contributed by atoms with Gasteiger partial charge in [-0.05, 0) is 51.5 Å². The molecule has 0 aromatic heterocycles. The van der Waals surface area contributed by atoms with Crippen LogP contribution in [0.1, 0.15) is 27.2 Å². The molecule has 1 aromatic rings. The highest BCUT2D eigenvalue weighted by atomic mass is 19.1. The van der Waals surface area contributed by atoms with Gasteiger partial charge in [0.1, 0.15) is 11.4 Å². The van der Waals surface area contributed by atoms with Gasteiger partial charge in [0, 0.05) is 25.8 Å². The molecule has 28 heavy (non-hydrogen) atoms. The van der Waals surface area contributed by atoms with Crippen molar-refractivity contribution in [2.75, 3.05) is 32.0 Å². The smallest absolute Gasteiger partial charge is 0.407 e. The predicted octanol–water partition coefficient (Wildman–Crippen LogP) is 1.94. The van der Waals surface area contributed by atoms with Crippen LogP contribution in [0.3, 0.4) is 0 Å². The van der Waals surface area contributed by atoms with E-state index in [0.29, 0.717) is 24.7 Å². The Kier molecular flexibility index (Phi) is 7.19. The summed E-state index contributed by atoms with van der Waals surface area (Å²) in [6.07, 6.45) is 0.308. The molecule has 3 N–H and O–H groups in total. The molecule has 0 spiro atoms. The molecule has 1 heterocycles. The summed E-state index contributed by atoms with van der Waals surface area (Å²) < 4.78 is 18.2. The normalized spacial score (nSPS) is 17.2. The van der Waals surface area contributed by atoms with Gasteiger partial charge in [0.25, 0.3) is 0 Å². The fraction of sp³-hybridized carbons (Fsp3) is 0.526. The molecule has 9 heteroatoms. The van der Waals surface area contributed by atoms with E-state index in [9.17, 15) is 14.0 Å². The summed E-state index contributed by atoms with van der Waals surface area (Å²) in [6.45, 7) is 6.73. The summed E-state index contributed by atoms with van der Waals surface area (Å²) in [5.74, 6) is -0.0572. The van der Waals surface area contributed by atoms with Crippen LogP contribution in [-0.2, 0) is 9.53 Å². The van der Waals surface area contributed by atoms with Gasteiger partial charge in [-0.2, -0.15) is 0 Å².